The molecule has 0 aromatic carbocycles. The van der Waals surface area contributed by atoms with Crippen molar-refractivity contribution in [2.45, 2.75) is 45.6 Å². The van der Waals surface area contributed by atoms with E-state index in [-0.39, 0.29) is 23.4 Å². The second kappa shape index (κ2) is 7.11. The molecule has 144 valence electrons. The van der Waals surface area contributed by atoms with Crippen molar-refractivity contribution < 1.29 is 13.2 Å². The number of carbonyl (C=O) groups excluding carboxylic acids is 1. The molecule has 26 heavy (non-hydrogen) atoms. The van der Waals surface area contributed by atoms with Crippen molar-refractivity contribution in [3.8, 4) is 0 Å². The van der Waals surface area contributed by atoms with Crippen LogP contribution in [0.5, 0.6) is 0 Å². The van der Waals surface area contributed by atoms with Gasteiger partial charge in [0.2, 0.25) is 15.9 Å². The number of aromatic amines is 1. The molecule has 2 aliphatic heterocycles. The van der Waals surface area contributed by atoms with Crippen LogP contribution in [0.15, 0.2) is 4.79 Å². The first kappa shape index (κ1) is 19.0. The number of hydrogen-bond acceptors (Lipinski definition) is 5. The molecule has 3 rings (SSSR count). The topological polar surface area (TPSA) is 103 Å². The first-order chi connectivity index (χ1) is 12.2. The highest BCUT2D eigenvalue weighted by atomic mass is 32.2. The molecule has 3 heterocycles. The average molecular weight is 382 g/mol. The summed E-state index contributed by atoms with van der Waals surface area (Å²) in [6, 6.07) is -0.206. The van der Waals surface area contributed by atoms with Gasteiger partial charge in [-0.15, -0.1) is 0 Å². The summed E-state index contributed by atoms with van der Waals surface area (Å²) in [7, 11) is -3.20. The Morgan fingerprint density at radius 3 is 2.38 bits per heavy atom. The number of aromatic nitrogens is 2. The largest absolute Gasteiger partial charge is 0.332 e. The molecule has 0 saturated carbocycles. The summed E-state index contributed by atoms with van der Waals surface area (Å²) in [5, 5.41) is 0. The molecule has 8 nitrogen and oxygen atoms in total. The molecule has 1 aromatic rings. The summed E-state index contributed by atoms with van der Waals surface area (Å²) in [5.74, 6) is 0.422. The Kier molecular flexibility index (Phi) is 5.21. The molecule has 0 bridgehead atoms. The molecular weight excluding hydrogens is 356 g/mol. The number of piperidine rings is 1. The highest BCUT2D eigenvalue weighted by Gasteiger charge is 2.37. The van der Waals surface area contributed by atoms with Gasteiger partial charge < -0.3 is 9.88 Å². The quantitative estimate of drug-likeness (QED) is 0.830. The Bertz CT molecular complexity index is 856. The summed E-state index contributed by atoms with van der Waals surface area (Å²) in [6.07, 6.45) is 3.92. The molecule has 1 aromatic heterocycles. The van der Waals surface area contributed by atoms with Crippen LogP contribution in [0.1, 0.15) is 48.8 Å². The molecule has 0 radical (unpaired) electrons. The zero-order chi connectivity index (χ0) is 19.1. The van der Waals surface area contributed by atoms with Gasteiger partial charge in [0.15, 0.2) is 0 Å². The number of nitrogens with one attached hydrogen (secondary N) is 1. The fourth-order valence-corrected chi connectivity index (χ4v) is 4.68. The SMILES string of the molecule is Cc1nc(C2CCCN2C(=O)C2CCN(S(C)(=O)=O)CC2)[nH]c(=O)c1C. The number of nitrogens with zero attached hydrogens (tertiary/aromatic N) is 3. The maximum absolute atomic E-state index is 13.0. The molecule has 9 heteroatoms. The van der Waals surface area contributed by atoms with Gasteiger partial charge in [0.05, 0.1) is 12.3 Å². The van der Waals surface area contributed by atoms with E-state index >= 15 is 0 Å². The normalized spacial score (nSPS) is 22.7. The number of aryl methyl sites for hydroxylation is 1. The number of likely N-dealkylation sites (tertiary alicyclic amines) is 1. The standard InChI is InChI=1S/C17H26N4O4S/c1-11-12(2)18-15(19-16(11)22)14-5-4-8-21(14)17(23)13-6-9-20(10-7-13)26(3,24)25/h13-14H,4-10H2,1-3H3,(H,18,19,22). The molecule has 0 aliphatic carbocycles. The highest BCUT2D eigenvalue weighted by molar-refractivity contribution is 7.88. The van der Waals surface area contributed by atoms with Gasteiger partial charge in [-0.2, -0.15) is 0 Å². The summed E-state index contributed by atoms with van der Waals surface area (Å²) in [5.41, 5.74) is 1.12. The third kappa shape index (κ3) is 3.68. The fourth-order valence-electron chi connectivity index (χ4n) is 3.81. The minimum atomic E-state index is -3.20. The van der Waals surface area contributed by atoms with Crippen LogP contribution in [-0.2, 0) is 14.8 Å². The summed E-state index contributed by atoms with van der Waals surface area (Å²) < 4.78 is 24.7. The highest BCUT2D eigenvalue weighted by Crippen LogP contribution is 2.33. The van der Waals surface area contributed by atoms with Gasteiger partial charge in [0.25, 0.3) is 5.56 Å². The van der Waals surface area contributed by atoms with Gasteiger partial charge in [0, 0.05) is 36.8 Å². The van der Waals surface area contributed by atoms with Crippen LogP contribution < -0.4 is 5.56 Å². The van der Waals surface area contributed by atoms with Crippen LogP contribution in [-0.4, -0.2) is 59.4 Å². The predicted octanol–water partition coefficient (Wildman–Crippen LogP) is 0.722. The molecule has 1 atom stereocenters. The molecule has 1 unspecified atom stereocenters. The van der Waals surface area contributed by atoms with E-state index in [1.165, 1.54) is 10.6 Å². The third-order valence-corrected chi connectivity index (χ3v) is 6.84. The second-order valence-electron chi connectivity index (χ2n) is 7.29. The number of hydrogen-bond donors (Lipinski definition) is 1. The van der Waals surface area contributed by atoms with Crippen LogP contribution in [0.3, 0.4) is 0 Å². The van der Waals surface area contributed by atoms with Crippen molar-refractivity contribution in [1.82, 2.24) is 19.2 Å². The molecular formula is C17H26N4O4S. The Hall–Kier alpha value is -1.74. The lowest BCUT2D eigenvalue weighted by Crippen LogP contribution is -2.44. The minimum Gasteiger partial charge on any atom is -0.332 e. The molecule has 2 saturated heterocycles. The average Bonchev–Trinajstić information content (AvgIpc) is 3.07. The Morgan fingerprint density at radius 2 is 1.81 bits per heavy atom. The van der Waals surface area contributed by atoms with E-state index in [1.54, 1.807) is 13.8 Å². The van der Waals surface area contributed by atoms with Crippen molar-refractivity contribution >= 4 is 15.9 Å². The van der Waals surface area contributed by atoms with Crippen molar-refractivity contribution in [2.75, 3.05) is 25.9 Å². The number of H-pyrrole nitrogens is 1. The van der Waals surface area contributed by atoms with Gasteiger partial charge >= 0.3 is 0 Å². The zero-order valence-corrected chi connectivity index (χ0v) is 16.3. The summed E-state index contributed by atoms with van der Waals surface area (Å²) in [6.45, 7) is 4.94. The zero-order valence-electron chi connectivity index (χ0n) is 15.5. The lowest BCUT2D eigenvalue weighted by molar-refractivity contribution is -0.137. The third-order valence-electron chi connectivity index (χ3n) is 5.54. The molecule has 1 amide bonds. The van der Waals surface area contributed by atoms with Crippen LogP contribution in [0, 0.1) is 19.8 Å². The Balaban J connectivity index is 1.75. The Labute approximate surface area is 153 Å². The molecule has 2 aliphatic rings. The summed E-state index contributed by atoms with van der Waals surface area (Å²) >= 11 is 0. The fraction of sp³-hybridized carbons (Fsp3) is 0.706. The first-order valence-electron chi connectivity index (χ1n) is 9.01. The van der Waals surface area contributed by atoms with E-state index in [4.69, 9.17) is 0 Å². The van der Waals surface area contributed by atoms with Crippen LogP contribution in [0.25, 0.3) is 0 Å². The van der Waals surface area contributed by atoms with E-state index in [0.717, 1.165) is 12.8 Å². The summed E-state index contributed by atoms with van der Waals surface area (Å²) in [4.78, 5) is 34.2. The van der Waals surface area contributed by atoms with E-state index in [0.29, 0.717) is 49.6 Å². The van der Waals surface area contributed by atoms with Crippen LogP contribution in [0.4, 0.5) is 0 Å². The van der Waals surface area contributed by atoms with Crippen molar-refractivity contribution in [3.63, 3.8) is 0 Å². The Morgan fingerprint density at radius 1 is 1.15 bits per heavy atom. The minimum absolute atomic E-state index is 0.0431. The smallest absolute Gasteiger partial charge is 0.254 e. The van der Waals surface area contributed by atoms with E-state index in [9.17, 15) is 18.0 Å². The molecule has 0 spiro atoms. The monoisotopic (exact) mass is 382 g/mol. The van der Waals surface area contributed by atoms with Gasteiger partial charge in [-0.3, -0.25) is 9.59 Å². The van der Waals surface area contributed by atoms with Crippen molar-refractivity contribution in [1.29, 1.82) is 0 Å². The van der Waals surface area contributed by atoms with Crippen molar-refractivity contribution in [3.05, 3.63) is 27.4 Å². The lowest BCUT2D eigenvalue weighted by Gasteiger charge is -2.33. The van der Waals surface area contributed by atoms with Crippen LogP contribution in [0.2, 0.25) is 0 Å². The number of carbonyl (C=O) groups is 1. The second-order valence-corrected chi connectivity index (χ2v) is 9.27. The van der Waals surface area contributed by atoms with Crippen LogP contribution >= 0.6 is 0 Å². The first-order valence-corrected chi connectivity index (χ1v) is 10.9. The maximum atomic E-state index is 13.0. The van der Waals surface area contributed by atoms with E-state index in [2.05, 4.69) is 9.97 Å². The van der Waals surface area contributed by atoms with Gasteiger partial charge in [0.1, 0.15) is 5.82 Å². The maximum Gasteiger partial charge on any atom is 0.254 e. The van der Waals surface area contributed by atoms with Gasteiger partial charge in [-0.1, -0.05) is 0 Å². The molecule has 2 fully saturated rings. The number of sulfonamides is 1. The van der Waals surface area contributed by atoms with Gasteiger partial charge in [-0.05, 0) is 39.5 Å². The van der Waals surface area contributed by atoms with Crippen molar-refractivity contribution in [2.24, 2.45) is 5.92 Å². The predicted molar refractivity (Wildman–Crippen MR) is 97.2 cm³/mol. The van der Waals surface area contributed by atoms with E-state index < -0.39 is 10.0 Å². The van der Waals surface area contributed by atoms with E-state index in [1.807, 2.05) is 4.90 Å². The lowest BCUT2D eigenvalue weighted by atomic mass is 9.96. The number of amides is 1. The molecule has 1 N–H and O–H groups in total. The number of rotatable bonds is 3. The van der Waals surface area contributed by atoms with Gasteiger partial charge in [-0.25, -0.2) is 17.7 Å².